The number of nitrogens with one attached hydrogen (secondary N) is 1. The fourth-order valence-corrected chi connectivity index (χ4v) is 4.62. The van der Waals surface area contributed by atoms with E-state index < -0.39 is 10.0 Å². The van der Waals surface area contributed by atoms with Crippen LogP contribution in [0.5, 0.6) is 0 Å². The molecule has 0 radical (unpaired) electrons. The van der Waals surface area contributed by atoms with E-state index in [1.807, 2.05) is 24.3 Å². The Morgan fingerprint density at radius 1 is 1.00 bits per heavy atom. The van der Waals surface area contributed by atoms with Gasteiger partial charge in [0.15, 0.2) is 0 Å². The Morgan fingerprint density at radius 2 is 1.73 bits per heavy atom. The van der Waals surface area contributed by atoms with E-state index in [2.05, 4.69) is 18.6 Å². The zero-order chi connectivity index (χ0) is 18.3. The monoisotopic (exact) mass is 369 g/mol. The van der Waals surface area contributed by atoms with Crippen molar-refractivity contribution in [3.63, 3.8) is 0 Å². The molecule has 136 valence electrons. The fraction of sp³-hybridized carbons (Fsp3) is 0.333. The van der Waals surface area contributed by atoms with Crippen LogP contribution in [0.1, 0.15) is 49.5 Å². The molecule has 4 rings (SSSR count). The highest BCUT2D eigenvalue weighted by Crippen LogP contribution is 2.33. The minimum atomic E-state index is -3.61. The molecular weight excluding hydrogens is 346 g/mol. The highest BCUT2D eigenvalue weighted by molar-refractivity contribution is 7.92. The average molecular weight is 369 g/mol. The van der Waals surface area contributed by atoms with Gasteiger partial charge in [-0.25, -0.2) is 8.42 Å². The standard InChI is InChI=1S/C21H23NO3S/c1-14(2)15-7-10-17(11-8-15)26(23,24)22-16-9-12-21-19(13-16)18-5-3-4-6-20(18)25-21/h7-14,22H,3-6H2,1-2H3. The van der Waals surface area contributed by atoms with E-state index in [-0.39, 0.29) is 4.90 Å². The van der Waals surface area contributed by atoms with Crippen molar-refractivity contribution in [2.75, 3.05) is 4.72 Å². The minimum Gasteiger partial charge on any atom is -0.461 e. The van der Waals surface area contributed by atoms with Crippen LogP contribution in [0.3, 0.4) is 0 Å². The molecule has 0 aliphatic heterocycles. The predicted molar refractivity (Wildman–Crippen MR) is 104 cm³/mol. The number of rotatable bonds is 4. The molecule has 0 saturated heterocycles. The quantitative estimate of drug-likeness (QED) is 0.684. The zero-order valence-corrected chi connectivity index (χ0v) is 15.9. The second-order valence-corrected chi connectivity index (χ2v) is 8.93. The highest BCUT2D eigenvalue weighted by atomic mass is 32.2. The third kappa shape index (κ3) is 3.12. The molecule has 2 aromatic carbocycles. The zero-order valence-electron chi connectivity index (χ0n) is 15.1. The van der Waals surface area contributed by atoms with Gasteiger partial charge in [0.05, 0.1) is 4.90 Å². The number of benzene rings is 2. The summed E-state index contributed by atoms with van der Waals surface area (Å²) < 4.78 is 34.0. The average Bonchev–Trinajstić information content (AvgIpc) is 2.99. The maximum absolute atomic E-state index is 12.7. The van der Waals surface area contributed by atoms with Crippen LogP contribution >= 0.6 is 0 Å². The van der Waals surface area contributed by atoms with Crippen LogP contribution in [-0.2, 0) is 22.9 Å². The molecule has 1 aliphatic rings. The molecule has 0 saturated carbocycles. The van der Waals surface area contributed by atoms with Gasteiger partial charge in [-0.05, 0) is 61.1 Å². The van der Waals surface area contributed by atoms with Crippen LogP contribution in [-0.4, -0.2) is 8.42 Å². The first kappa shape index (κ1) is 17.2. The maximum atomic E-state index is 12.7. The summed E-state index contributed by atoms with van der Waals surface area (Å²) in [6, 6.07) is 12.6. The molecule has 4 nitrogen and oxygen atoms in total. The summed E-state index contributed by atoms with van der Waals surface area (Å²) in [5.41, 5.74) is 3.75. The summed E-state index contributed by atoms with van der Waals surface area (Å²) in [5.74, 6) is 1.42. The van der Waals surface area contributed by atoms with Gasteiger partial charge < -0.3 is 4.42 Å². The van der Waals surface area contributed by atoms with Gasteiger partial charge in [-0.3, -0.25) is 4.72 Å². The van der Waals surface area contributed by atoms with Gasteiger partial charge in [-0.15, -0.1) is 0 Å². The fourth-order valence-electron chi connectivity index (χ4n) is 3.57. The molecule has 5 heteroatoms. The summed E-state index contributed by atoms with van der Waals surface area (Å²) in [6.45, 7) is 4.17. The number of fused-ring (bicyclic) bond motifs is 3. The molecule has 3 aromatic rings. The number of hydrogen-bond donors (Lipinski definition) is 1. The lowest BCUT2D eigenvalue weighted by Crippen LogP contribution is -2.13. The molecule has 1 aromatic heterocycles. The van der Waals surface area contributed by atoms with E-state index >= 15 is 0 Å². The summed E-state index contributed by atoms with van der Waals surface area (Å²) in [4.78, 5) is 0.274. The normalized spacial score (nSPS) is 14.6. The number of hydrogen-bond acceptors (Lipinski definition) is 3. The summed E-state index contributed by atoms with van der Waals surface area (Å²) in [7, 11) is -3.61. The van der Waals surface area contributed by atoms with Crippen molar-refractivity contribution in [3.05, 3.63) is 59.4 Å². The highest BCUT2D eigenvalue weighted by Gasteiger charge is 2.19. The van der Waals surface area contributed by atoms with Crippen molar-refractivity contribution >= 4 is 26.7 Å². The molecule has 1 N–H and O–H groups in total. The molecule has 0 unspecified atom stereocenters. The SMILES string of the molecule is CC(C)c1ccc(S(=O)(=O)Nc2ccc3oc4c(c3c2)CCCC4)cc1. The van der Waals surface area contributed by atoms with E-state index in [1.54, 1.807) is 18.2 Å². The topological polar surface area (TPSA) is 59.3 Å². The number of anilines is 1. The Hall–Kier alpha value is -2.27. The Morgan fingerprint density at radius 3 is 2.46 bits per heavy atom. The Labute approximate surface area is 154 Å². The smallest absolute Gasteiger partial charge is 0.261 e. The molecular formula is C21H23NO3S. The Kier molecular flexibility index (Phi) is 4.27. The van der Waals surface area contributed by atoms with Crippen molar-refractivity contribution in [1.29, 1.82) is 0 Å². The lowest BCUT2D eigenvalue weighted by Gasteiger charge is -2.11. The third-order valence-corrected chi connectivity index (χ3v) is 6.46. The first-order chi connectivity index (χ1) is 12.4. The maximum Gasteiger partial charge on any atom is 0.261 e. The largest absolute Gasteiger partial charge is 0.461 e. The molecule has 0 amide bonds. The van der Waals surface area contributed by atoms with E-state index in [9.17, 15) is 8.42 Å². The Balaban J connectivity index is 1.65. The van der Waals surface area contributed by atoms with Crippen LogP contribution in [0.15, 0.2) is 51.8 Å². The number of furan rings is 1. The second-order valence-electron chi connectivity index (χ2n) is 7.25. The second kappa shape index (κ2) is 6.47. The molecule has 1 heterocycles. The van der Waals surface area contributed by atoms with Gasteiger partial charge in [0.25, 0.3) is 10.0 Å². The van der Waals surface area contributed by atoms with Crippen molar-refractivity contribution < 1.29 is 12.8 Å². The lowest BCUT2D eigenvalue weighted by atomic mass is 9.96. The van der Waals surface area contributed by atoms with Crippen molar-refractivity contribution in [2.24, 2.45) is 0 Å². The van der Waals surface area contributed by atoms with Crippen molar-refractivity contribution in [2.45, 2.75) is 50.3 Å². The molecule has 0 fully saturated rings. The third-order valence-electron chi connectivity index (χ3n) is 5.06. The van der Waals surface area contributed by atoms with Crippen molar-refractivity contribution in [3.8, 4) is 0 Å². The van der Waals surface area contributed by atoms with Crippen LogP contribution in [0.4, 0.5) is 5.69 Å². The van der Waals surface area contributed by atoms with Crippen LogP contribution in [0.2, 0.25) is 0 Å². The van der Waals surface area contributed by atoms with Crippen molar-refractivity contribution in [1.82, 2.24) is 0 Å². The first-order valence-corrected chi connectivity index (χ1v) is 10.6. The van der Waals surface area contributed by atoms with Gasteiger partial charge in [0, 0.05) is 23.1 Å². The van der Waals surface area contributed by atoms with E-state index in [0.717, 1.165) is 48.0 Å². The van der Waals surface area contributed by atoms with Gasteiger partial charge in [-0.1, -0.05) is 26.0 Å². The molecule has 0 atom stereocenters. The first-order valence-electron chi connectivity index (χ1n) is 9.11. The Bertz CT molecular complexity index is 1050. The lowest BCUT2D eigenvalue weighted by molar-refractivity contribution is 0.506. The molecule has 26 heavy (non-hydrogen) atoms. The van der Waals surface area contributed by atoms with Crippen LogP contribution < -0.4 is 4.72 Å². The summed E-state index contributed by atoms with van der Waals surface area (Å²) in [6.07, 6.45) is 4.26. The minimum absolute atomic E-state index is 0.274. The molecule has 0 spiro atoms. The van der Waals surface area contributed by atoms with Crippen LogP contribution in [0.25, 0.3) is 11.0 Å². The van der Waals surface area contributed by atoms with Crippen LogP contribution in [0, 0.1) is 0 Å². The van der Waals surface area contributed by atoms with Gasteiger partial charge in [0.1, 0.15) is 11.3 Å². The van der Waals surface area contributed by atoms with E-state index in [0.29, 0.717) is 11.6 Å². The number of sulfonamides is 1. The van der Waals surface area contributed by atoms with E-state index in [4.69, 9.17) is 4.42 Å². The van der Waals surface area contributed by atoms with Gasteiger partial charge in [-0.2, -0.15) is 0 Å². The predicted octanol–water partition coefficient (Wildman–Crippen LogP) is 5.24. The summed E-state index contributed by atoms with van der Waals surface area (Å²) in [5, 5.41) is 1.02. The van der Waals surface area contributed by atoms with E-state index in [1.165, 1.54) is 5.56 Å². The number of aryl methyl sites for hydroxylation is 2. The van der Waals surface area contributed by atoms with Gasteiger partial charge >= 0.3 is 0 Å². The molecule has 0 bridgehead atoms. The van der Waals surface area contributed by atoms with Gasteiger partial charge in [0.2, 0.25) is 0 Å². The summed E-state index contributed by atoms with van der Waals surface area (Å²) >= 11 is 0. The molecule has 1 aliphatic carbocycles.